The second-order valence-corrected chi connectivity index (χ2v) is 8.71. The number of carboxylic acids is 1. The van der Waals surface area contributed by atoms with Crippen LogP contribution in [-0.4, -0.2) is 19.5 Å². The molecule has 0 radical (unpaired) electrons. The molecule has 0 aliphatic heterocycles. The Balaban J connectivity index is 2.35. The highest BCUT2D eigenvalue weighted by Gasteiger charge is 2.20. The van der Waals surface area contributed by atoms with Crippen LogP contribution in [0.15, 0.2) is 38.3 Å². The van der Waals surface area contributed by atoms with E-state index in [0.29, 0.717) is 14.4 Å². The monoisotopic (exact) mass is 409 g/mol. The number of benzene rings is 1. The maximum Gasteiger partial charge on any atom is 0.307 e. The fraction of sp³-hybridized carbons (Fsp3) is 0.0833. The van der Waals surface area contributed by atoms with Crippen LogP contribution in [0, 0.1) is 0 Å². The minimum Gasteiger partial charge on any atom is -0.481 e. The fourth-order valence-corrected chi connectivity index (χ4v) is 5.09. The lowest BCUT2D eigenvalue weighted by Gasteiger charge is -2.10. The predicted molar refractivity (Wildman–Crippen MR) is 85.6 cm³/mol. The number of carbonyl (C=O) groups is 1. The fourth-order valence-electron chi connectivity index (χ4n) is 1.59. The first-order valence-corrected chi connectivity index (χ1v) is 9.04. The molecule has 0 saturated heterocycles. The Morgan fingerprint density at radius 1 is 1.38 bits per heavy atom. The number of hydrogen-bond acceptors (Lipinski definition) is 4. The molecule has 0 unspecified atom stereocenters. The molecule has 0 fully saturated rings. The first-order valence-electron chi connectivity index (χ1n) is 5.57. The summed E-state index contributed by atoms with van der Waals surface area (Å²) in [5.74, 6) is -1.04. The van der Waals surface area contributed by atoms with Gasteiger partial charge in [-0.25, -0.2) is 8.42 Å². The number of rotatable bonds is 5. The zero-order valence-corrected chi connectivity index (χ0v) is 14.3. The van der Waals surface area contributed by atoms with E-state index in [0.717, 1.165) is 11.3 Å². The normalized spacial score (nSPS) is 11.3. The average molecular weight is 411 g/mol. The molecule has 112 valence electrons. The zero-order valence-electron chi connectivity index (χ0n) is 10.3. The predicted octanol–water partition coefficient (Wildman–Crippen LogP) is 3.59. The second-order valence-electron chi connectivity index (χ2n) is 4.02. The smallest absolute Gasteiger partial charge is 0.307 e. The largest absolute Gasteiger partial charge is 0.481 e. The van der Waals surface area contributed by atoms with E-state index in [1.165, 1.54) is 12.1 Å². The number of anilines is 1. The summed E-state index contributed by atoms with van der Waals surface area (Å²) in [6, 6.07) is 7.68. The van der Waals surface area contributed by atoms with Crippen molar-refractivity contribution >= 4 is 60.5 Å². The number of para-hydroxylation sites is 1. The van der Waals surface area contributed by atoms with Gasteiger partial charge in [0, 0.05) is 0 Å². The van der Waals surface area contributed by atoms with E-state index in [-0.39, 0.29) is 16.3 Å². The number of halogens is 2. The van der Waals surface area contributed by atoms with Crippen LogP contribution in [0.25, 0.3) is 0 Å². The van der Waals surface area contributed by atoms with E-state index < -0.39 is 16.0 Å². The van der Waals surface area contributed by atoms with Crippen LogP contribution in [-0.2, 0) is 21.2 Å². The Bertz CT molecular complexity index is 769. The topological polar surface area (TPSA) is 83.5 Å². The minimum absolute atomic E-state index is 0.0458. The van der Waals surface area contributed by atoms with Crippen molar-refractivity contribution in [1.82, 2.24) is 0 Å². The van der Waals surface area contributed by atoms with Crippen LogP contribution < -0.4 is 4.72 Å². The van der Waals surface area contributed by atoms with Gasteiger partial charge < -0.3 is 5.11 Å². The third kappa shape index (κ3) is 3.97. The average Bonchev–Trinajstić information content (AvgIpc) is 2.72. The van der Waals surface area contributed by atoms with Gasteiger partial charge in [0.1, 0.15) is 4.21 Å². The van der Waals surface area contributed by atoms with E-state index >= 15 is 0 Å². The van der Waals surface area contributed by atoms with Gasteiger partial charge in [0.05, 0.1) is 20.9 Å². The number of thiophene rings is 1. The Kier molecular flexibility index (Phi) is 4.92. The molecular formula is C12H9BrClNO4S2. The molecule has 2 aromatic rings. The molecule has 0 saturated carbocycles. The summed E-state index contributed by atoms with van der Waals surface area (Å²) < 4.78 is 27.5. The molecule has 2 rings (SSSR count). The van der Waals surface area contributed by atoms with Crippen molar-refractivity contribution in [2.75, 3.05) is 4.72 Å². The quantitative estimate of drug-likeness (QED) is 0.789. The third-order valence-corrected chi connectivity index (χ3v) is 6.80. The van der Waals surface area contributed by atoms with Gasteiger partial charge in [-0.1, -0.05) is 29.8 Å². The lowest BCUT2D eigenvalue weighted by Crippen LogP contribution is -2.14. The molecule has 0 atom stereocenters. The van der Waals surface area contributed by atoms with Crippen molar-refractivity contribution in [3.8, 4) is 0 Å². The van der Waals surface area contributed by atoms with Gasteiger partial charge in [-0.05, 0) is 33.6 Å². The Labute approximate surface area is 138 Å². The van der Waals surface area contributed by atoms with Crippen LogP contribution >= 0.6 is 38.9 Å². The van der Waals surface area contributed by atoms with E-state index in [1.54, 1.807) is 18.2 Å². The SMILES string of the molecule is O=C(O)Cc1ccccc1NS(=O)(=O)c1cc(Cl)c(Br)s1. The van der Waals surface area contributed by atoms with Crippen LogP contribution in [0.2, 0.25) is 5.02 Å². The summed E-state index contributed by atoms with van der Waals surface area (Å²) in [7, 11) is -3.81. The molecule has 1 aromatic carbocycles. The van der Waals surface area contributed by atoms with Crippen molar-refractivity contribution in [1.29, 1.82) is 0 Å². The molecule has 21 heavy (non-hydrogen) atoms. The van der Waals surface area contributed by atoms with Crippen molar-refractivity contribution < 1.29 is 18.3 Å². The summed E-state index contributed by atoms with van der Waals surface area (Å²) in [5, 5.41) is 9.15. The molecule has 0 aliphatic carbocycles. The van der Waals surface area contributed by atoms with Crippen molar-refractivity contribution in [3.63, 3.8) is 0 Å². The van der Waals surface area contributed by atoms with E-state index in [9.17, 15) is 13.2 Å². The Morgan fingerprint density at radius 3 is 2.62 bits per heavy atom. The number of nitrogens with one attached hydrogen (secondary N) is 1. The molecule has 0 aliphatic rings. The molecular weight excluding hydrogens is 402 g/mol. The van der Waals surface area contributed by atoms with Crippen molar-refractivity contribution in [2.45, 2.75) is 10.6 Å². The second kappa shape index (κ2) is 6.35. The first-order chi connectivity index (χ1) is 9.79. The van der Waals surface area contributed by atoms with Crippen molar-refractivity contribution in [3.05, 3.63) is 44.7 Å². The maximum absolute atomic E-state index is 12.3. The van der Waals surface area contributed by atoms with Crippen LogP contribution in [0.5, 0.6) is 0 Å². The summed E-state index contributed by atoms with van der Waals surface area (Å²) in [6.07, 6.45) is -0.270. The zero-order chi connectivity index (χ0) is 15.6. The minimum atomic E-state index is -3.81. The highest BCUT2D eigenvalue weighted by Crippen LogP contribution is 2.35. The molecule has 0 spiro atoms. The standard InChI is InChI=1S/C12H9BrClNO4S2/c13-12-8(14)6-11(20-12)21(18,19)15-9-4-2-1-3-7(9)5-10(16)17/h1-4,6,15H,5H2,(H,16,17). The van der Waals surface area contributed by atoms with Crippen LogP contribution in [0.3, 0.4) is 0 Å². The highest BCUT2D eigenvalue weighted by molar-refractivity contribution is 9.11. The molecule has 0 amide bonds. The van der Waals surface area contributed by atoms with Gasteiger partial charge in [0.15, 0.2) is 0 Å². The summed E-state index contributed by atoms with van der Waals surface area (Å²) >= 11 is 9.97. The van der Waals surface area contributed by atoms with Gasteiger partial charge in [0.2, 0.25) is 0 Å². The van der Waals surface area contributed by atoms with Gasteiger partial charge in [0.25, 0.3) is 10.0 Å². The molecule has 1 aromatic heterocycles. The molecule has 1 heterocycles. The molecule has 2 N–H and O–H groups in total. The van der Waals surface area contributed by atoms with Gasteiger partial charge >= 0.3 is 5.97 Å². The number of sulfonamides is 1. The third-order valence-electron chi connectivity index (χ3n) is 2.49. The number of aliphatic carboxylic acids is 1. The van der Waals surface area contributed by atoms with E-state index in [2.05, 4.69) is 20.7 Å². The highest BCUT2D eigenvalue weighted by atomic mass is 79.9. The number of carboxylic acid groups (broad SMARTS) is 1. The summed E-state index contributed by atoms with van der Waals surface area (Å²) in [6.45, 7) is 0. The molecule has 0 bridgehead atoms. The van der Waals surface area contributed by atoms with E-state index in [1.807, 2.05) is 0 Å². The first kappa shape index (κ1) is 16.3. The van der Waals surface area contributed by atoms with Crippen LogP contribution in [0.4, 0.5) is 5.69 Å². The summed E-state index contributed by atoms with van der Waals surface area (Å²) in [5.41, 5.74) is 0.621. The lowest BCUT2D eigenvalue weighted by molar-refractivity contribution is -0.136. The number of hydrogen-bond donors (Lipinski definition) is 2. The van der Waals surface area contributed by atoms with Gasteiger partial charge in [-0.3, -0.25) is 9.52 Å². The Hall–Kier alpha value is -1.09. The lowest BCUT2D eigenvalue weighted by atomic mass is 10.1. The maximum atomic E-state index is 12.3. The van der Waals surface area contributed by atoms with Crippen LogP contribution in [0.1, 0.15) is 5.56 Å². The Morgan fingerprint density at radius 2 is 2.05 bits per heavy atom. The van der Waals surface area contributed by atoms with Gasteiger partial charge in [-0.15, -0.1) is 11.3 Å². The summed E-state index contributed by atoms with van der Waals surface area (Å²) in [4.78, 5) is 10.8. The van der Waals surface area contributed by atoms with E-state index in [4.69, 9.17) is 16.7 Å². The van der Waals surface area contributed by atoms with Gasteiger partial charge in [-0.2, -0.15) is 0 Å². The van der Waals surface area contributed by atoms with Crippen molar-refractivity contribution in [2.24, 2.45) is 0 Å². The molecule has 5 nitrogen and oxygen atoms in total. The molecule has 9 heteroatoms.